The summed E-state index contributed by atoms with van der Waals surface area (Å²) in [6.07, 6.45) is 0. The van der Waals surface area contributed by atoms with Crippen molar-refractivity contribution in [2.24, 2.45) is 0 Å². The molecule has 0 aliphatic heterocycles. The largest absolute Gasteiger partial charge is 0.371 e. The first-order valence-corrected chi connectivity index (χ1v) is 6.84. The number of halogens is 3. The molecular formula is C14H11BrF2N2O2. The molecule has 0 amide bonds. The van der Waals surface area contributed by atoms with E-state index in [-0.39, 0.29) is 15.8 Å². The molecule has 4 nitrogen and oxygen atoms in total. The van der Waals surface area contributed by atoms with Crippen LogP contribution in [-0.4, -0.2) is 4.92 Å². The molecule has 0 saturated heterocycles. The monoisotopic (exact) mass is 356 g/mol. The molecule has 0 aliphatic carbocycles. The molecule has 1 unspecified atom stereocenters. The molecule has 0 saturated carbocycles. The standard InChI is InChI=1S/C14H11BrF2N2O2/c1-8(9-5-6-11(16)10(15)7-9)18-14-12(17)3-2-4-13(14)19(20)21/h2-8,18H,1H3. The molecule has 2 aromatic rings. The lowest BCUT2D eigenvalue weighted by Crippen LogP contribution is -2.10. The Morgan fingerprint density at radius 2 is 1.95 bits per heavy atom. The zero-order valence-electron chi connectivity index (χ0n) is 10.9. The first kappa shape index (κ1) is 15.4. The Kier molecular flexibility index (Phi) is 4.52. The molecule has 21 heavy (non-hydrogen) atoms. The topological polar surface area (TPSA) is 55.2 Å². The molecule has 0 spiro atoms. The molecule has 0 fully saturated rings. The van der Waals surface area contributed by atoms with Gasteiger partial charge in [-0.1, -0.05) is 12.1 Å². The number of hydrogen-bond donors (Lipinski definition) is 1. The highest BCUT2D eigenvalue weighted by Crippen LogP contribution is 2.31. The van der Waals surface area contributed by atoms with Gasteiger partial charge in [0.05, 0.1) is 9.40 Å². The van der Waals surface area contributed by atoms with E-state index in [4.69, 9.17) is 0 Å². The van der Waals surface area contributed by atoms with Gasteiger partial charge in [-0.25, -0.2) is 8.78 Å². The first-order chi connectivity index (χ1) is 9.90. The zero-order chi connectivity index (χ0) is 15.6. The van der Waals surface area contributed by atoms with E-state index < -0.39 is 22.6 Å². The van der Waals surface area contributed by atoms with Crippen molar-refractivity contribution in [1.29, 1.82) is 0 Å². The number of anilines is 1. The average Bonchev–Trinajstić information content (AvgIpc) is 2.43. The van der Waals surface area contributed by atoms with Crippen LogP contribution in [0.1, 0.15) is 18.5 Å². The number of nitro groups is 1. The second-order valence-electron chi connectivity index (χ2n) is 4.43. The van der Waals surface area contributed by atoms with Gasteiger partial charge in [0.25, 0.3) is 5.69 Å². The fourth-order valence-electron chi connectivity index (χ4n) is 1.89. The summed E-state index contributed by atoms with van der Waals surface area (Å²) in [5.41, 5.74) is 0.138. The van der Waals surface area contributed by atoms with Crippen molar-refractivity contribution in [3.8, 4) is 0 Å². The van der Waals surface area contributed by atoms with Crippen molar-refractivity contribution in [3.63, 3.8) is 0 Å². The number of para-hydroxylation sites is 1. The van der Waals surface area contributed by atoms with Gasteiger partial charge in [0, 0.05) is 12.1 Å². The third kappa shape index (κ3) is 3.36. The highest BCUT2D eigenvalue weighted by atomic mass is 79.9. The van der Waals surface area contributed by atoms with Crippen LogP contribution in [0.3, 0.4) is 0 Å². The predicted octanol–water partition coefficient (Wildman–Crippen LogP) is 4.81. The van der Waals surface area contributed by atoms with Crippen molar-refractivity contribution < 1.29 is 13.7 Å². The predicted molar refractivity (Wildman–Crippen MR) is 79.2 cm³/mol. The first-order valence-electron chi connectivity index (χ1n) is 6.04. The third-order valence-corrected chi connectivity index (χ3v) is 3.60. The SMILES string of the molecule is CC(Nc1c(F)cccc1[N+](=O)[O-])c1ccc(F)c(Br)c1. The van der Waals surface area contributed by atoms with Crippen molar-refractivity contribution >= 4 is 27.3 Å². The Bertz CT molecular complexity index is 695. The summed E-state index contributed by atoms with van der Waals surface area (Å²) < 4.78 is 27.3. The van der Waals surface area contributed by atoms with E-state index in [2.05, 4.69) is 21.2 Å². The summed E-state index contributed by atoms with van der Waals surface area (Å²) in [5.74, 6) is -1.12. The molecule has 0 aliphatic rings. The number of rotatable bonds is 4. The van der Waals surface area contributed by atoms with E-state index in [1.54, 1.807) is 13.0 Å². The lowest BCUT2D eigenvalue weighted by molar-refractivity contribution is -0.384. The van der Waals surface area contributed by atoms with Gasteiger partial charge in [-0.2, -0.15) is 0 Å². The van der Waals surface area contributed by atoms with Gasteiger partial charge in [-0.15, -0.1) is 0 Å². The van der Waals surface area contributed by atoms with Gasteiger partial charge in [0.2, 0.25) is 0 Å². The van der Waals surface area contributed by atoms with Crippen molar-refractivity contribution in [2.45, 2.75) is 13.0 Å². The van der Waals surface area contributed by atoms with Crippen molar-refractivity contribution in [2.75, 3.05) is 5.32 Å². The zero-order valence-corrected chi connectivity index (χ0v) is 12.5. The number of nitrogens with one attached hydrogen (secondary N) is 1. The van der Waals surface area contributed by atoms with Crippen molar-refractivity contribution in [1.82, 2.24) is 0 Å². The molecule has 7 heteroatoms. The minimum atomic E-state index is -0.711. The Morgan fingerprint density at radius 3 is 2.57 bits per heavy atom. The van der Waals surface area contributed by atoms with Crippen LogP contribution < -0.4 is 5.32 Å². The summed E-state index contributed by atoms with van der Waals surface area (Å²) in [4.78, 5) is 10.3. The summed E-state index contributed by atoms with van der Waals surface area (Å²) in [5, 5.41) is 13.7. The van der Waals surface area contributed by atoms with E-state index in [0.717, 1.165) is 6.07 Å². The van der Waals surface area contributed by atoms with Crippen LogP contribution in [-0.2, 0) is 0 Å². The Morgan fingerprint density at radius 1 is 1.24 bits per heavy atom. The van der Waals surface area contributed by atoms with E-state index in [0.29, 0.717) is 5.56 Å². The lowest BCUT2D eigenvalue weighted by atomic mass is 10.1. The maximum Gasteiger partial charge on any atom is 0.295 e. The van der Waals surface area contributed by atoms with Crippen LogP contribution in [0.25, 0.3) is 0 Å². The molecule has 0 heterocycles. The minimum absolute atomic E-state index is 0.185. The molecule has 1 N–H and O–H groups in total. The summed E-state index contributed by atoms with van der Waals surface area (Å²) in [7, 11) is 0. The van der Waals surface area contributed by atoms with Crippen molar-refractivity contribution in [3.05, 3.63) is 68.2 Å². The fraction of sp³-hybridized carbons (Fsp3) is 0.143. The highest BCUT2D eigenvalue weighted by molar-refractivity contribution is 9.10. The fourth-order valence-corrected chi connectivity index (χ4v) is 2.29. The molecular weight excluding hydrogens is 346 g/mol. The maximum atomic E-state index is 13.8. The van der Waals surface area contributed by atoms with Crippen LogP contribution in [0.4, 0.5) is 20.2 Å². The van der Waals surface area contributed by atoms with Crippen LogP contribution in [0, 0.1) is 21.7 Å². The van der Waals surface area contributed by atoms with Gasteiger partial charge < -0.3 is 5.32 Å². The number of benzene rings is 2. The average molecular weight is 357 g/mol. The second-order valence-corrected chi connectivity index (χ2v) is 5.28. The van der Waals surface area contributed by atoms with Gasteiger partial charge in [-0.05, 0) is 46.6 Å². The van der Waals surface area contributed by atoms with Gasteiger partial charge in [-0.3, -0.25) is 10.1 Å². The molecule has 110 valence electrons. The lowest BCUT2D eigenvalue weighted by Gasteiger charge is -2.16. The smallest absolute Gasteiger partial charge is 0.295 e. The summed E-state index contributed by atoms with van der Waals surface area (Å²) >= 11 is 3.07. The Hall–Kier alpha value is -2.02. The summed E-state index contributed by atoms with van der Waals surface area (Å²) in [6, 6.07) is 7.55. The van der Waals surface area contributed by atoms with E-state index in [1.807, 2.05) is 0 Å². The normalized spacial score (nSPS) is 12.0. The Balaban J connectivity index is 2.33. The number of nitrogens with zero attached hydrogens (tertiary/aromatic N) is 1. The molecule has 0 bridgehead atoms. The maximum absolute atomic E-state index is 13.8. The van der Waals surface area contributed by atoms with Crippen LogP contribution in [0.2, 0.25) is 0 Å². The number of hydrogen-bond acceptors (Lipinski definition) is 3. The van der Waals surface area contributed by atoms with E-state index in [9.17, 15) is 18.9 Å². The van der Waals surface area contributed by atoms with Gasteiger partial charge in [0.15, 0.2) is 5.82 Å². The second kappa shape index (κ2) is 6.17. The molecule has 0 aromatic heterocycles. The highest BCUT2D eigenvalue weighted by Gasteiger charge is 2.20. The van der Waals surface area contributed by atoms with Crippen LogP contribution in [0.15, 0.2) is 40.9 Å². The molecule has 0 radical (unpaired) electrons. The van der Waals surface area contributed by atoms with Gasteiger partial charge in [0.1, 0.15) is 11.5 Å². The quantitative estimate of drug-likeness (QED) is 0.631. The van der Waals surface area contributed by atoms with Crippen LogP contribution >= 0.6 is 15.9 Å². The van der Waals surface area contributed by atoms with Gasteiger partial charge >= 0.3 is 0 Å². The number of nitro benzene ring substituents is 1. The minimum Gasteiger partial charge on any atom is -0.371 e. The third-order valence-electron chi connectivity index (χ3n) is 2.99. The summed E-state index contributed by atoms with van der Waals surface area (Å²) in [6.45, 7) is 1.70. The molecule has 2 aromatic carbocycles. The molecule has 1 atom stereocenters. The van der Waals surface area contributed by atoms with E-state index >= 15 is 0 Å². The Labute approximate surface area is 128 Å². The van der Waals surface area contributed by atoms with E-state index in [1.165, 1.54) is 24.3 Å². The van der Waals surface area contributed by atoms with Crippen LogP contribution in [0.5, 0.6) is 0 Å². The molecule has 2 rings (SSSR count).